The van der Waals surface area contributed by atoms with Crippen LogP contribution in [0, 0.1) is 0 Å². The van der Waals surface area contributed by atoms with E-state index in [2.05, 4.69) is 25.3 Å². The van der Waals surface area contributed by atoms with E-state index in [0.29, 0.717) is 29.4 Å². The predicted molar refractivity (Wildman–Crippen MR) is 80.4 cm³/mol. The second-order valence-electron chi connectivity index (χ2n) is 3.81. The number of nitrogens with two attached hydrogens (primary N) is 1. The van der Waals surface area contributed by atoms with Crippen LogP contribution in [0.3, 0.4) is 0 Å². The summed E-state index contributed by atoms with van der Waals surface area (Å²) in [5, 5.41) is 10.5. The summed E-state index contributed by atoms with van der Waals surface area (Å²) in [5.74, 6) is 0.466. The van der Waals surface area contributed by atoms with Crippen LogP contribution < -0.4 is 16.4 Å². The standard InChI is InChI=1S/C11H15N5O2S2/c1-13-10(17)8-7(12)9(19-2)11(20-8)14-4-3-6-15-5-18-16-6/h5,14H,3-4,12H2,1-2H3,(H,13,17). The Hall–Kier alpha value is -1.74. The van der Waals surface area contributed by atoms with Crippen molar-refractivity contribution < 1.29 is 9.32 Å². The number of amides is 1. The molecule has 2 aromatic rings. The van der Waals surface area contributed by atoms with E-state index < -0.39 is 0 Å². The molecule has 108 valence electrons. The maximum Gasteiger partial charge on any atom is 0.263 e. The number of thioether (sulfide) groups is 1. The van der Waals surface area contributed by atoms with Gasteiger partial charge in [-0.15, -0.1) is 23.1 Å². The Morgan fingerprint density at radius 3 is 3.00 bits per heavy atom. The maximum atomic E-state index is 11.7. The van der Waals surface area contributed by atoms with Crippen molar-refractivity contribution in [2.75, 3.05) is 30.9 Å². The molecule has 0 aliphatic carbocycles. The highest BCUT2D eigenvalue weighted by molar-refractivity contribution is 7.99. The lowest BCUT2D eigenvalue weighted by Gasteiger charge is -2.04. The number of rotatable bonds is 6. The number of thiophene rings is 1. The van der Waals surface area contributed by atoms with Crippen LogP contribution in [-0.2, 0) is 6.42 Å². The van der Waals surface area contributed by atoms with Crippen LogP contribution in [0.15, 0.2) is 15.8 Å². The molecule has 4 N–H and O–H groups in total. The van der Waals surface area contributed by atoms with E-state index in [1.165, 1.54) is 29.5 Å². The van der Waals surface area contributed by atoms with E-state index in [4.69, 9.17) is 5.73 Å². The number of nitrogen functional groups attached to an aromatic ring is 1. The minimum atomic E-state index is -0.172. The molecule has 0 aliphatic rings. The molecule has 0 radical (unpaired) electrons. The van der Waals surface area contributed by atoms with Crippen LogP contribution in [0.4, 0.5) is 10.7 Å². The summed E-state index contributed by atoms with van der Waals surface area (Å²) < 4.78 is 4.67. The summed E-state index contributed by atoms with van der Waals surface area (Å²) in [7, 11) is 1.59. The zero-order valence-corrected chi connectivity index (χ0v) is 12.7. The molecule has 1 amide bonds. The maximum absolute atomic E-state index is 11.7. The molecule has 2 rings (SSSR count). The molecule has 2 aromatic heterocycles. The van der Waals surface area contributed by atoms with Gasteiger partial charge < -0.3 is 20.9 Å². The van der Waals surface area contributed by atoms with Crippen LogP contribution >= 0.6 is 23.1 Å². The lowest BCUT2D eigenvalue weighted by molar-refractivity contribution is 0.0968. The third-order valence-electron chi connectivity index (χ3n) is 2.58. The number of nitrogens with zero attached hydrogens (tertiary/aromatic N) is 2. The summed E-state index contributed by atoms with van der Waals surface area (Å²) in [5.41, 5.74) is 6.52. The smallest absolute Gasteiger partial charge is 0.263 e. The highest BCUT2D eigenvalue weighted by atomic mass is 32.2. The van der Waals surface area contributed by atoms with Gasteiger partial charge in [-0.25, -0.2) is 0 Å². The van der Waals surface area contributed by atoms with Gasteiger partial charge in [0, 0.05) is 20.0 Å². The Morgan fingerprint density at radius 2 is 2.40 bits per heavy atom. The van der Waals surface area contributed by atoms with Crippen LogP contribution in [-0.4, -0.2) is 35.9 Å². The summed E-state index contributed by atoms with van der Waals surface area (Å²) in [6.07, 6.45) is 3.86. The quantitative estimate of drug-likeness (QED) is 0.693. The Kier molecular flexibility index (Phi) is 4.85. The second kappa shape index (κ2) is 6.62. The molecule has 7 nitrogen and oxygen atoms in total. The highest BCUT2D eigenvalue weighted by Crippen LogP contribution is 2.41. The first-order chi connectivity index (χ1) is 9.67. The molecule has 0 unspecified atom stereocenters. The third kappa shape index (κ3) is 3.05. The first-order valence-electron chi connectivity index (χ1n) is 5.84. The van der Waals surface area contributed by atoms with E-state index >= 15 is 0 Å². The molecule has 2 heterocycles. The van der Waals surface area contributed by atoms with Crippen LogP contribution in [0.25, 0.3) is 0 Å². The van der Waals surface area contributed by atoms with Gasteiger partial charge in [0.2, 0.25) is 6.39 Å². The van der Waals surface area contributed by atoms with Crippen LogP contribution in [0.2, 0.25) is 0 Å². The SMILES string of the molecule is CNC(=O)c1sc(NCCc2ncon2)c(SC)c1N. The van der Waals surface area contributed by atoms with E-state index in [1.54, 1.807) is 7.05 Å². The average Bonchev–Trinajstić information content (AvgIpc) is 3.06. The number of hydrogen-bond acceptors (Lipinski definition) is 8. The lowest BCUT2D eigenvalue weighted by atomic mass is 10.3. The molecule has 0 fully saturated rings. The van der Waals surface area contributed by atoms with E-state index in [1.807, 2.05) is 6.26 Å². The third-order valence-corrected chi connectivity index (χ3v) is 4.70. The zero-order chi connectivity index (χ0) is 14.5. The molecule has 0 aromatic carbocycles. The fourth-order valence-electron chi connectivity index (χ4n) is 1.62. The van der Waals surface area contributed by atoms with Gasteiger partial charge in [-0.1, -0.05) is 5.16 Å². The van der Waals surface area contributed by atoms with Gasteiger partial charge in [0.1, 0.15) is 9.88 Å². The van der Waals surface area contributed by atoms with Gasteiger partial charge in [0.15, 0.2) is 5.82 Å². The predicted octanol–water partition coefficient (Wildman–Crippen LogP) is 1.45. The Morgan fingerprint density at radius 1 is 1.60 bits per heavy atom. The van der Waals surface area contributed by atoms with Gasteiger partial charge in [-0.2, -0.15) is 4.98 Å². The summed E-state index contributed by atoms with van der Waals surface area (Å²) in [6, 6.07) is 0. The van der Waals surface area contributed by atoms with Crippen molar-refractivity contribution in [3.05, 3.63) is 17.1 Å². The average molecular weight is 313 g/mol. The Bertz CT molecular complexity index is 582. The van der Waals surface area contributed by atoms with Crippen molar-refractivity contribution in [3.63, 3.8) is 0 Å². The van der Waals surface area contributed by atoms with Gasteiger partial charge in [-0.05, 0) is 6.26 Å². The molecule has 0 spiro atoms. The molecule has 0 aliphatic heterocycles. The van der Waals surface area contributed by atoms with E-state index in [0.717, 1.165) is 9.90 Å². The topological polar surface area (TPSA) is 106 Å². The van der Waals surface area contributed by atoms with Gasteiger partial charge in [0.05, 0.1) is 10.6 Å². The molecule has 0 atom stereocenters. The van der Waals surface area contributed by atoms with Crippen molar-refractivity contribution in [3.8, 4) is 0 Å². The molecule has 20 heavy (non-hydrogen) atoms. The minimum Gasteiger partial charge on any atom is -0.396 e. The number of nitrogens with one attached hydrogen (secondary N) is 2. The van der Waals surface area contributed by atoms with Gasteiger partial charge >= 0.3 is 0 Å². The molecule has 9 heteroatoms. The minimum absolute atomic E-state index is 0.172. The van der Waals surface area contributed by atoms with Gasteiger partial charge in [0.25, 0.3) is 5.91 Å². The van der Waals surface area contributed by atoms with Crippen molar-refractivity contribution >= 4 is 39.7 Å². The highest BCUT2D eigenvalue weighted by Gasteiger charge is 2.19. The number of hydrogen-bond donors (Lipinski definition) is 3. The summed E-state index contributed by atoms with van der Waals surface area (Å²) >= 11 is 2.86. The van der Waals surface area contributed by atoms with Crippen molar-refractivity contribution in [1.82, 2.24) is 15.5 Å². The van der Waals surface area contributed by atoms with E-state index in [9.17, 15) is 4.79 Å². The Labute approximate surface area is 124 Å². The zero-order valence-electron chi connectivity index (χ0n) is 11.1. The Balaban J connectivity index is 2.08. The number of carbonyl (C=O) groups excluding carboxylic acids is 1. The molecule has 0 saturated heterocycles. The molecule has 0 bridgehead atoms. The van der Waals surface area contributed by atoms with Crippen LogP contribution in [0.5, 0.6) is 0 Å². The fourth-order valence-corrected chi connectivity index (χ4v) is 3.63. The molecular weight excluding hydrogens is 298 g/mol. The second-order valence-corrected chi connectivity index (χ2v) is 5.65. The number of anilines is 2. The summed E-state index contributed by atoms with van der Waals surface area (Å²) in [4.78, 5) is 17.1. The summed E-state index contributed by atoms with van der Waals surface area (Å²) in [6.45, 7) is 0.639. The van der Waals surface area contributed by atoms with Crippen LogP contribution in [0.1, 0.15) is 15.5 Å². The fraction of sp³-hybridized carbons (Fsp3) is 0.364. The monoisotopic (exact) mass is 313 g/mol. The lowest BCUT2D eigenvalue weighted by Crippen LogP contribution is -2.17. The van der Waals surface area contributed by atoms with Gasteiger partial charge in [-0.3, -0.25) is 4.79 Å². The van der Waals surface area contributed by atoms with Crippen molar-refractivity contribution in [2.24, 2.45) is 0 Å². The van der Waals surface area contributed by atoms with Crippen molar-refractivity contribution in [1.29, 1.82) is 0 Å². The number of aromatic nitrogens is 2. The largest absolute Gasteiger partial charge is 0.396 e. The molecule has 0 saturated carbocycles. The first-order valence-corrected chi connectivity index (χ1v) is 7.89. The van der Waals surface area contributed by atoms with Crippen molar-refractivity contribution in [2.45, 2.75) is 11.3 Å². The van der Waals surface area contributed by atoms with E-state index in [-0.39, 0.29) is 5.91 Å². The first kappa shape index (κ1) is 14.7. The number of carbonyl (C=O) groups is 1. The molecular formula is C11H15N5O2S2. The normalized spacial score (nSPS) is 10.5.